The lowest BCUT2D eigenvalue weighted by atomic mass is 10.1. The maximum Gasteiger partial charge on any atom is 0.417 e. The van der Waals surface area contributed by atoms with Gasteiger partial charge in [-0.2, -0.15) is 13.2 Å². The van der Waals surface area contributed by atoms with E-state index in [1.54, 1.807) is 0 Å². The molecule has 1 aromatic carbocycles. The zero-order valence-corrected chi connectivity index (χ0v) is 11.8. The first kappa shape index (κ1) is 16.5. The van der Waals surface area contributed by atoms with Crippen LogP contribution in [0.3, 0.4) is 0 Å². The molecule has 0 aliphatic carbocycles. The number of hydrogen-bond acceptors (Lipinski definition) is 2. The second kappa shape index (κ2) is 6.74. The summed E-state index contributed by atoms with van der Waals surface area (Å²) in [6.07, 6.45) is -4.10. The van der Waals surface area contributed by atoms with Crippen molar-refractivity contribution in [2.75, 3.05) is 6.54 Å². The number of carbonyl (C=O) groups excluding carboxylic acids is 2. The summed E-state index contributed by atoms with van der Waals surface area (Å²) in [5.41, 5.74) is 3.91. The summed E-state index contributed by atoms with van der Waals surface area (Å²) in [6.45, 7) is 0.166. The van der Waals surface area contributed by atoms with E-state index < -0.39 is 23.6 Å². The number of hydrogen-bond donors (Lipinski definition) is 2. The summed E-state index contributed by atoms with van der Waals surface area (Å²) in [4.78, 5) is 22.2. The zero-order valence-electron chi connectivity index (χ0n) is 10.3. The molecule has 0 aliphatic rings. The third kappa shape index (κ3) is 4.84. The van der Waals surface area contributed by atoms with Crippen LogP contribution in [-0.2, 0) is 11.0 Å². The van der Waals surface area contributed by atoms with Crippen LogP contribution in [0, 0.1) is 0 Å². The van der Waals surface area contributed by atoms with Crippen LogP contribution in [0.15, 0.2) is 22.7 Å². The number of nitrogens with one attached hydrogen (secondary N) is 1. The Kier molecular flexibility index (Phi) is 5.55. The van der Waals surface area contributed by atoms with E-state index in [4.69, 9.17) is 5.73 Å². The third-order valence-corrected chi connectivity index (χ3v) is 3.11. The first-order valence-corrected chi connectivity index (χ1v) is 6.44. The van der Waals surface area contributed by atoms with Gasteiger partial charge in [0.2, 0.25) is 5.91 Å². The molecule has 0 unspecified atom stereocenters. The van der Waals surface area contributed by atoms with E-state index in [0.717, 1.165) is 6.07 Å². The Bertz CT molecular complexity index is 518. The van der Waals surface area contributed by atoms with Crippen molar-refractivity contribution in [3.8, 4) is 0 Å². The van der Waals surface area contributed by atoms with Crippen LogP contribution in [0.2, 0.25) is 0 Å². The van der Waals surface area contributed by atoms with Gasteiger partial charge in [0, 0.05) is 23.0 Å². The molecule has 0 radical (unpaired) electrons. The highest BCUT2D eigenvalue weighted by molar-refractivity contribution is 9.10. The van der Waals surface area contributed by atoms with E-state index >= 15 is 0 Å². The van der Waals surface area contributed by atoms with Crippen molar-refractivity contribution in [2.24, 2.45) is 5.73 Å². The van der Waals surface area contributed by atoms with Crippen LogP contribution in [0.4, 0.5) is 13.2 Å². The normalized spacial score (nSPS) is 11.2. The second-order valence-corrected chi connectivity index (χ2v) is 4.87. The topological polar surface area (TPSA) is 72.2 Å². The summed E-state index contributed by atoms with van der Waals surface area (Å²) in [6, 6.07) is 3.22. The summed E-state index contributed by atoms with van der Waals surface area (Å²) in [5, 5.41) is 2.42. The standard InChI is InChI=1S/C12H12BrF3N2O2/c13-9-4-3-7(6-8(9)12(14,15)16)11(20)18-5-1-2-10(17)19/h3-4,6H,1-2,5H2,(H2,17,19)(H,18,20). The van der Waals surface area contributed by atoms with E-state index in [1.807, 2.05) is 0 Å². The molecule has 0 bridgehead atoms. The minimum Gasteiger partial charge on any atom is -0.370 e. The number of halogens is 4. The van der Waals surface area contributed by atoms with E-state index in [2.05, 4.69) is 21.2 Å². The molecular weight excluding hydrogens is 341 g/mol. The van der Waals surface area contributed by atoms with Crippen LogP contribution in [0.25, 0.3) is 0 Å². The molecule has 0 heterocycles. The van der Waals surface area contributed by atoms with Gasteiger partial charge in [-0.25, -0.2) is 0 Å². The fourth-order valence-electron chi connectivity index (χ4n) is 1.45. The Labute approximate surface area is 121 Å². The fraction of sp³-hybridized carbons (Fsp3) is 0.333. The van der Waals surface area contributed by atoms with E-state index in [-0.39, 0.29) is 23.0 Å². The van der Waals surface area contributed by atoms with Crippen molar-refractivity contribution < 1.29 is 22.8 Å². The molecule has 0 atom stereocenters. The highest BCUT2D eigenvalue weighted by Crippen LogP contribution is 2.35. The van der Waals surface area contributed by atoms with Gasteiger partial charge in [-0.05, 0) is 24.6 Å². The van der Waals surface area contributed by atoms with E-state index in [9.17, 15) is 22.8 Å². The fourth-order valence-corrected chi connectivity index (χ4v) is 1.92. The Morgan fingerprint density at radius 1 is 1.30 bits per heavy atom. The first-order chi connectivity index (χ1) is 9.21. The maximum atomic E-state index is 12.7. The van der Waals surface area contributed by atoms with Crippen LogP contribution >= 0.6 is 15.9 Å². The molecule has 0 aliphatic heterocycles. The zero-order chi connectivity index (χ0) is 15.3. The summed E-state index contributed by atoms with van der Waals surface area (Å²) in [7, 11) is 0. The number of carbonyl (C=O) groups is 2. The molecule has 0 saturated heterocycles. The minimum absolute atomic E-state index is 0.0976. The van der Waals surface area contributed by atoms with Crippen molar-refractivity contribution in [1.82, 2.24) is 5.32 Å². The van der Waals surface area contributed by atoms with Crippen molar-refractivity contribution in [2.45, 2.75) is 19.0 Å². The Balaban J connectivity index is 2.72. The van der Waals surface area contributed by atoms with Gasteiger partial charge in [0.15, 0.2) is 0 Å². The molecule has 20 heavy (non-hydrogen) atoms. The molecule has 0 aromatic heterocycles. The van der Waals surface area contributed by atoms with Crippen LogP contribution in [-0.4, -0.2) is 18.4 Å². The van der Waals surface area contributed by atoms with Gasteiger partial charge in [-0.3, -0.25) is 9.59 Å². The number of nitrogens with two attached hydrogens (primary N) is 1. The largest absolute Gasteiger partial charge is 0.417 e. The van der Waals surface area contributed by atoms with Crippen LogP contribution in [0.1, 0.15) is 28.8 Å². The molecule has 8 heteroatoms. The van der Waals surface area contributed by atoms with Crippen molar-refractivity contribution in [3.63, 3.8) is 0 Å². The second-order valence-electron chi connectivity index (χ2n) is 4.02. The van der Waals surface area contributed by atoms with Gasteiger partial charge in [-0.1, -0.05) is 15.9 Å². The SMILES string of the molecule is NC(=O)CCCNC(=O)c1ccc(Br)c(C(F)(F)F)c1. The molecule has 1 rings (SSSR count). The smallest absolute Gasteiger partial charge is 0.370 e. The van der Waals surface area contributed by atoms with Crippen LogP contribution in [0.5, 0.6) is 0 Å². The average molecular weight is 353 g/mol. The van der Waals surface area contributed by atoms with Gasteiger partial charge < -0.3 is 11.1 Å². The number of rotatable bonds is 5. The maximum absolute atomic E-state index is 12.7. The molecule has 0 fully saturated rings. The van der Waals surface area contributed by atoms with Crippen LogP contribution < -0.4 is 11.1 Å². The minimum atomic E-state index is -4.54. The molecule has 0 spiro atoms. The Morgan fingerprint density at radius 2 is 1.95 bits per heavy atom. The number of primary amides is 1. The van der Waals surface area contributed by atoms with Gasteiger partial charge in [0.25, 0.3) is 5.91 Å². The molecule has 1 aromatic rings. The number of alkyl halides is 3. The van der Waals surface area contributed by atoms with Gasteiger partial charge in [-0.15, -0.1) is 0 Å². The summed E-state index contributed by atoms with van der Waals surface area (Å²) in [5.74, 6) is -1.13. The van der Waals surface area contributed by atoms with Gasteiger partial charge >= 0.3 is 6.18 Å². The lowest BCUT2D eigenvalue weighted by Gasteiger charge is -2.11. The van der Waals surface area contributed by atoms with Crippen molar-refractivity contribution in [3.05, 3.63) is 33.8 Å². The van der Waals surface area contributed by atoms with Crippen molar-refractivity contribution in [1.29, 1.82) is 0 Å². The number of benzene rings is 1. The van der Waals surface area contributed by atoms with E-state index in [1.165, 1.54) is 12.1 Å². The predicted molar refractivity (Wildman–Crippen MR) is 69.9 cm³/mol. The van der Waals surface area contributed by atoms with E-state index in [0.29, 0.717) is 6.42 Å². The quantitative estimate of drug-likeness (QED) is 0.799. The van der Waals surface area contributed by atoms with Gasteiger partial charge in [0.05, 0.1) is 5.56 Å². The van der Waals surface area contributed by atoms with Crippen molar-refractivity contribution >= 4 is 27.7 Å². The highest BCUT2D eigenvalue weighted by atomic mass is 79.9. The lowest BCUT2D eigenvalue weighted by molar-refractivity contribution is -0.138. The number of amides is 2. The molecular formula is C12H12BrF3N2O2. The summed E-state index contributed by atoms with van der Waals surface area (Å²) >= 11 is 2.79. The Hall–Kier alpha value is -1.57. The molecule has 3 N–H and O–H groups in total. The molecule has 2 amide bonds. The monoisotopic (exact) mass is 352 g/mol. The van der Waals surface area contributed by atoms with Gasteiger partial charge in [0.1, 0.15) is 0 Å². The predicted octanol–water partition coefficient (Wildman–Crippen LogP) is 2.46. The Morgan fingerprint density at radius 3 is 2.50 bits per heavy atom. The molecule has 0 saturated carbocycles. The third-order valence-electron chi connectivity index (χ3n) is 2.42. The highest BCUT2D eigenvalue weighted by Gasteiger charge is 2.33. The average Bonchev–Trinajstić information content (AvgIpc) is 2.33. The first-order valence-electron chi connectivity index (χ1n) is 5.65. The molecule has 110 valence electrons. The lowest BCUT2D eigenvalue weighted by Crippen LogP contribution is -2.26. The molecule has 4 nitrogen and oxygen atoms in total. The summed E-state index contributed by atoms with van der Waals surface area (Å²) < 4.78 is 37.9.